The summed E-state index contributed by atoms with van der Waals surface area (Å²) in [7, 11) is 1.82. The summed E-state index contributed by atoms with van der Waals surface area (Å²) >= 11 is 6.36. The van der Waals surface area contributed by atoms with Crippen molar-refractivity contribution in [1.82, 2.24) is 44.5 Å². The third-order valence-corrected chi connectivity index (χ3v) is 6.33. The van der Waals surface area contributed by atoms with Crippen LogP contribution in [-0.4, -0.2) is 56.9 Å². The van der Waals surface area contributed by atoms with E-state index in [9.17, 15) is 4.79 Å². The van der Waals surface area contributed by atoms with E-state index in [1.165, 1.54) is 0 Å². The molecular weight excluding hydrogens is 446 g/mol. The normalized spacial score (nSPS) is 15.8. The zero-order chi connectivity index (χ0) is 22.7. The second kappa shape index (κ2) is 7.27. The van der Waals surface area contributed by atoms with Crippen LogP contribution in [0, 0.1) is 6.92 Å². The molecule has 0 radical (unpaired) electrons. The van der Waals surface area contributed by atoms with Gasteiger partial charge in [0.05, 0.1) is 40.0 Å². The van der Waals surface area contributed by atoms with Crippen LogP contribution in [0.25, 0.3) is 17.0 Å². The summed E-state index contributed by atoms with van der Waals surface area (Å²) in [4.78, 5) is 22.9. The van der Waals surface area contributed by atoms with Crippen LogP contribution in [0.1, 0.15) is 39.5 Å². The van der Waals surface area contributed by atoms with Gasteiger partial charge in [-0.2, -0.15) is 10.2 Å². The molecule has 5 aromatic heterocycles. The molecule has 166 valence electrons. The third kappa shape index (κ3) is 3.04. The Kier molecular flexibility index (Phi) is 4.34. The number of hydrogen-bond acceptors (Lipinski definition) is 7. The number of aromatic nitrogens is 8. The minimum atomic E-state index is -0.529. The van der Waals surface area contributed by atoms with E-state index >= 15 is 0 Å². The van der Waals surface area contributed by atoms with Crippen molar-refractivity contribution in [1.29, 1.82) is 0 Å². The van der Waals surface area contributed by atoms with Crippen molar-refractivity contribution < 1.29 is 9.21 Å². The first-order valence-electron chi connectivity index (χ1n) is 10.3. The van der Waals surface area contributed by atoms with Crippen molar-refractivity contribution in [2.75, 3.05) is 6.54 Å². The number of carbonyl (C=O) groups is 1. The molecule has 11 nitrogen and oxygen atoms in total. The molecule has 6 heterocycles. The molecule has 0 fully saturated rings. The Bertz CT molecular complexity index is 1510. The molecule has 0 bridgehead atoms. The van der Waals surface area contributed by atoms with E-state index in [2.05, 4.69) is 30.4 Å². The molecular formula is C21H18ClN9O2. The lowest BCUT2D eigenvalue weighted by atomic mass is 9.99. The number of fused-ring (bicyclic) bond motifs is 2. The Morgan fingerprint density at radius 3 is 3.00 bits per heavy atom. The average molecular weight is 464 g/mol. The molecule has 0 saturated heterocycles. The number of amides is 1. The largest absolute Gasteiger partial charge is 0.412 e. The van der Waals surface area contributed by atoms with Crippen molar-refractivity contribution in [3.8, 4) is 11.5 Å². The molecule has 1 atom stereocenters. The van der Waals surface area contributed by atoms with Crippen LogP contribution in [0.5, 0.6) is 0 Å². The topological polar surface area (TPSA) is 123 Å². The Morgan fingerprint density at radius 2 is 2.21 bits per heavy atom. The van der Waals surface area contributed by atoms with E-state index in [0.717, 1.165) is 22.6 Å². The first-order chi connectivity index (χ1) is 16.0. The lowest BCUT2D eigenvalue weighted by Crippen LogP contribution is -2.41. The lowest BCUT2D eigenvalue weighted by molar-refractivity contribution is 0.0646. The zero-order valence-corrected chi connectivity index (χ0v) is 18.5. The zero-order valence-electron chi connectivity index (χ0n) is 17.7. The Labute approximate surface area is 192 Å². The van der Waals surface area contributed by atoms with Crippen LogP contribution in [0.3, 0.4) is 0 Å². The van der Waals surface area contributed by atoms with Crippen LogP contribution < -0.4 is 0 Å². The molecule has 6 rings (SSSR count). The summed E-state index contributed by atoms with van der Waals surface area (Å²) in [5.41, 5.74) is 4.63. The highest BCUT2D eigenvalue weighted by Crippen LogP contribution is 2.35. The number of imidazole rings is 1. The van der Waals surface area contributed by atoms with Gasteiger partial charge < -0.3 is 14.3 Å². The highest BCUT2D eigenvalue weighted by molar-refractivity contribution is 6.33. The fourth-order valence-corrected chi connectivity index (χ4v) is 4.39. The molecule has 1 aliphatic heterocycles. The Morgan fingerprint density at radius 1 is 1.33 bits per heavy atom. The van der Waals surface area contributed by atoms with Gasteiger partial charge in [-0.05, 0) is 25.1 Å². The Balaban J connectivity index is 1.41. The number of halogens is 1. The maximum atomic E-state index is 13.5. The molecule has 1 aliphatic rings. The lowest BCUT2D eigenvalue weighted by Gasteiger charge is -2.32. The number of aromatic amines is 1. The van der Waals surface area contributed by atoms with Gasteiger partial charge in [0.2, 0.25) is 0 Å². The number of carbonyl (C=O) groups excluding carboxylic acids is 1. The molecule has 0 saturated carbocycles. The van der Waals surface area contributed by atoms with E-state index < -0.39 is 11.9 Å². The van der Waals surface area contributed by atoms with Gasteiger partial charge in [0, 0.05) is 37.6 Å². The summed E-state index contributed by atoms with van der Waals surface area (Å²) in [6.45, 7) is 2.33. The van der Waals surface area contributed by atoms with E-state index in [4.69, 9.17) is 16.0 Å². The predicted molar refractivity (Wildman–Crippen MR) is 117 cm³/mol. The number of hydrogen-bond donors (Lipinski definition) is 1. The fourth-order valence-electron chi connectivity index (χ4n) is 4.18. The maximum Gasteiger partial charge on any atom is 0.312 e. The van der Waals surface area contributed by atoms with Gasteiger partial charge in [-0.1, -0.05) is 11.6 Å². The van der Waals surface area contributed by atoms with Gasteiger partial charge in [-0.15, -0.1) is 10.2 Å². The molecule has 0 spiro atoms. The van der Waals surface area contributed by atoms with E-state index in [1.54, 1.807) is 32.7 Å². The second-order valence-electron chi connectivity index (χ2n) is 7.85. The molecule has 0 unspecified atom stereocenters. The highest BCUT2D eigenvalue weighted by atomic mass is 35.5. The van der Waals surface area contributed by atoms with Crippen LogP contribution in [0.2, 0.25) is 5.02 Å². The molecule has 0 aliphatic carbocycles. The van der Waals surface area contributed by atoms with Gasteiger partial charge in [0.15, 0.2) is 0 Å². The molecule has 1 N–H and O–H groups in total. The number of rotatable bonds is 3. The molecule has 33 heavy (non-hydrogen) atoms. The summed E-state index contributed by atoms with van der Waals surface area (Å²) in [6.07, 6.45) is 5.70. The van der Waals surface area contributed by atoms with Crippen molar-refractivity contribution >= 4 is 23.0 Å². The fraction of sp³-hybridized carbons (Fsp3) is 0.238. The molecule has 5 aromatic rings. The summed E-state index contributed by atoms with van der Waals surface area (Å²) in [5.74, 6) is -0.242. The standard InChI is InChI=1S/C21H18ClN9O2/c1-11-12(9-25-29(11)2)19-26-27-20(33-19)21(32)30-7-5-14-17(24-10-23-14)18(30)15-8-16-13(22)4-3-6-31(16)28-15/h3-4,6,8-10,18H,5,7H2,1-2H3,(H,23,24)/t18-/m1/s1. The van der Waals surface area contributed by atoms with E-state index in [1.807, 2.05) is 32.3 Å². The van der Waals surface area contributed by atoms with Crippen LogP contribution in [0.15, 0.2) is 41.3 Å². The number of nitrogens with one attached hydrogen (secondary N) is 1. The first-order valence-corrected chi connectivity index (χ1v) is 10.7. The van der Waals surface area contributed by atoms with Gasteiger partial charge in [0.1, 0.15) is 6.04 Å². The highest BCUT2D eigenvalue weighted by Gasteiger charge is 2.38. The average Bonchev–Trinajstić information content (AvgIpc) is 3.60. The summed E-state index contributed by atoms with van der Waals surface area (Å²) < 4.78 is 9.16. The summed E-state index contributed by atoms with van der Waals surface area (Å²) in [6, 6.07) is 4.96. The molecule has 0 aromatic carbocycles. The minimum Gasteiger partial charge on any atom is -0.412 e. The maximum absolute atomic E-state index is 13.5. The number of aryl methyl sites for hydroxylation is 1. The van der Waals surface area contributed by atoms with Crippen LogP contribution in [-0.2, 0) is 13.5 Å². The van der Waals surface area contributed by atoms with E-state index in [-0.39, 0.29) is 11.8 Å². The third-order valence-electron chi connectivity index (χ3n) is 6.01. The summed E-state index contributed by atoms with van der Waals surface area (Å²) in [5, 5.41) is 17.5. The quantitative estimate of drug-likeness (QED) is 0.436. The monoisotopic (exact) mass is 463 g/mol. The number of H-pyrrole nitrogens is 1. The van der Waals surface area contributed by atoms with Crippen molar-refractivity contribution in [3.05, 3.63) is 70.6 Å². The predicted octanol–water partition coefficient (Wildman–Crippen LogP) is 2.59. The van der Waals surface area contributed by atoms with E-state index in [0.29, 0.717) is 29.2 Å². The first kappa shape index (κ1) is 19.7. The number of nitrogens with zero attached hydrogens (tertiary/aromatic N) is 8. The van der Waals surface area contributed by atoms with Gasteiger partial charge in [0.25, 0.3) is 5.89 Å². The Hall–Kier alpha value is -3.99. The van der Waals surface area contributed by atoms with Crippen molar-refractivity contribution in [2.45, 2.75) is 19.4 Å². The van der Waals surface area contributed by atoms with Crippen LogP contribution >= 0.6 is 11.6 Å². The second-order valence-corrected chi connectivity index (χ2v) is 8.26. The minimum absolute atomic E-state index is 0.0981. The molecule has 1 amide bonds. The number of pyridine rings is 1. The van der Waals surface area contributed by atoms with Gasteiger partial charge in [-0.25, -0.2) is 9.50 Å². The van der Waals surface area contributed by atoms with Gasteiger partial charge >= 0.3 is 11.8 Å². The van der Waals surface area contributed by atoms with Crippen LogP contribution in [0.4, 0.5) is 0 Å². The van der Waals surface area contributed by atoms with Crippen molar-refractivity contribution in [3.63, 3.8) is 0 Å². The molecule has 12 heteroatoms. The van der Waals surface area contributed by atoms with Crippen molar-refractivity contribution in [2.24, 2.45) is 7.05 Å². The smallest absolute Gasteiger partial charge is 0.312 e. The SMILES string of the molecule is Cc1c(-c2nnc(C(=O)N3CCc4[nH]cnc4[C@H]3c3cc4c(Cl)cccn4n3)o2)cnn1C. The van der Waals surface area contributed by atoms with Gasteiger partial charge in [-0.3, -0.25) is 9.48 Å².